The molecule has 0 aromatic carbocycles. The molecule has 0 aliphatic carbocycles. The van der Waals surface area contributed by atoms with Crippen LogP contribution >= 0.6 is 11.6 Å². The minimum absolute atomic E-state index is 0.0698. The van der Waals surface area contributed by atoms with Crippen molar-refractivity contribution in [3.05, 3.63) is 11.2 Å². The Balaban J connectivity index is 2.26. The van der Waals surface area contributed by atoms with E-state index < -0.39 is 5.97 Å². The molecule has 18 heavy (non-hydrogen) atoms. The summed E-state index contributed by atoms with van der Waals surface area (Å²) in [7, 11) is 1.48. The minimum atomic E-state index is -0.816. The molecule has 0 spiro atoms. The standard InChI is InChI=1S/C11H14ClN3O3/c1-18-11-13-6-8(12)10(14-11)15-4-2-3-7(15)5-9(16)17/h6-7H,2-5H2,1H3,(H,16,17). The van der Waals surface area contributed by atoms with Gasteiger partial charge in [0.25, 0.3) is 0 Å². The molecule has 0 saturated carbocycles. The van der Waals surface area contributed by atoms with Crippen molar-refractivity contribution in [2.75, 3.05) is 18.6 Å². The maximum absolute atomic E-state index is 10.8. The summed E-state index contributed by atoms with van der Waals surface area (Å²) in [6, 6.07) is 0.162. The second kappa shape index (κ2) is 5.39. The molecule has 1 aromatic rings. The molecule has 1 fully saturated rings. The minimum Gasteiger partial charge on any atom is -0.481 e. The van der Waals surface area contributed by atoms with E-state index in [0.717, 1.165) is 19.4 Å². The Bertz CT molecular complexity index is 455. The van der Waals surface area contributed by atoms with Gasteiger partial charge >= 0.3 is 12.0 Å². The van der Waals surface area contributed by atoms with Crippen molar-refractivity contribution in [1.82, 2.24) is 9.97 Å². The third kappa shape index (κ3) is 2.64. The highest BCUT2D eigenvalue weighted by Crippen LogP contribution is 2.31. The Morgan fingerprint density at radius 1 is 1.72 bits per heavy atom. The average molecular weight is 272 g/mol. The zero-order valence-corrected chi connectivity index (χ0v) is 10.7. The van der Waals surface area contributed by atoms with Crippen molar-refractivity contribution in [3.8, 4) is 6.01 Å². The van der Waals surface area contributed by atoms with Crippen molar-refractivity contribution in [2.24, 2.45) is 0 Å². The fourth-order valence-electron chi connectivity index (χ4n) is 2.17. The van der Waals surface area contributed by atoms with Gasteiger partial charge in [-0.1, -0.05) is 11.6 Å². The molecule has 6 nitrogen and oxygen atoms in total. The lowest BCUT2D eigenvalue weighted by Crippen LogP contribution is -2.32. The molecule has 1 saturated heterocycles. The SMILES string of the molecule is COc1ncc(Cl)c(N2CCCC2CC(=O)O)n1. The van der Waals surface area contributed by atoms with E-state index in [9.17, 15) is 4.79 Å². The first-order chi connectivity index (χ1) is 8.61. The normalized spacial score (nSPS) is 19.0. The lowest BCUT2D eigenvalue weighted by atomic mass is 10.1. The number of nitrogens with zero attached hydrogens (tertiary/aromatic N) is 3. The van der Waals surface area contributed by atoms with Crippen molar-refractivity contribution < 1.29 is 14.6 Å². The zero-order chi connectivity index (χ0) is 13.1. The van der Waals surface area contributed by atoms with Gasteiger partial charge in [-0.25, -0.2) is 4.98 Å². The van der Waals surface area contributed by atoms with E-state index in [1.807, 2.05) is 4.90 Å². The van der Waals surface area contributed by atoms with Gasteiger partial charge < -0.3 is 14.7 Å². The largest absolute Gasteiger partial charge is 0.481 e. The third-order valence-corrected chi connectivity index (χ3v) is 3.21. The number of halogens is 1. The van der Waals surface area contributed by atoms with Gasteiger partial charge in [0.05, 0.1) is 19.7 Å². The van der Waals surface area contributed by atoms with E-state index in [1.54, 1.807) is 0 Å². The van der Waals surface area contributed by atoms with Gasteiger partial charge in [0, 0.05) is 12.6 Å². The second-order valence-corrected chi connectivity index (χ2v) is 4.52. The van der Waals surface area contributed by atoms with Gasteiger partial charge in [0.15, 0.2) is 5.82 Å². The summed E-state index contributed by atoms with van der Waals surface area (Å²) < 4.78 is 4.96. The lowest BCUT2D eigenvalue weighted by Gasteiger charge is -2.25. The summed E-state index contributed by atoms with van der Waals surface area (Å²) in [5.41, 5.74) is 0. The first-order valence-corrected chi connectivity index (χ1v) is 6.04. The number of aliphatic carboxylic acids is 1. The maximum atomic E-state index is 10.8. The number of carboxylic acids is 1. The highest BCUT2D eigenvalue weighted by molar-refractivity contribution is 6.32. The van der Waals surface area contributed by atoms with Gasteiger partial charge in [-0.05, 0) is 12.8 Å². The molecular formula is C11H14ClN3O3. The van der Waals surface area contributed by atoms with Gasteiger partial charge in [-0.15, -0.1) is 0 Å². The van der Waals surface area contributed by atoms with E-state index >= 15 is 0 Å². The quantitative estimate of drug-likeness (QED) is 0.896. The summed E-state index contributed by atoms with van der Waals surface area (Å²) in [6.45, 7) is 0.748. The number of methoxy groups -OCH3 is 1. The van der Waals surface area contributed by atoms with E-state index in [2.05, 4.69) is 9.97 Å². The van der Waals surface area contributed by atoms with Crippen molar-refractivity contribution in [2.45, 2.75) is 25.3 Å². The molecule has 2 heterocycles. The van der Waals surface area contributed by atoms with Crippen LogP contribution in [-0.2, 0) is 4.79 Å². The topological polar surface area (TPSA) is 75.5 Å². The summed E-state index contributed by atoms with van der Waals surface area (Å²) in [6.07, 6.45) is 3.32. The van der Waals surface area contributed by atoms with Crippen LogP contribution in [0.3, 0.4) is 0 Å². The van der Waals surface area contributed by atoms with Crippen LogP contribution in [0.15, 0.2) is 6.20 Å². The molecule has 7 heteroatoms. The van der Waals surface area contributed by atoms with Crippen LogP contribution in [0.1, 0.15) is 19.3 Å². The number of ether oxygens (including phenoxy) is 1. The summed E-state index contributed by atoms with van der Waals surface area (Å²) in [5.74, 6) is -0.267. The number of carbonyl (C=O) groups is 1. The highest BCUT2D eigenvalue weighted by atomic mass is 35.5. The fourth-order valence-corrected chi connectivity index (χ4v) is 2.37. The Kier molecular flexibility index (Phi) is 3.86. The fraction of sp³-hybridized carbons (Fsp3) is 0.545. The van der Waals surface area contributed by atoms with Gasteiger partial charge in [0.1, 0.15) is 5.02 Å². The first kappa shape index (κ1) is 12.9. The van der Waals surface area contributed by atoms with Gasteiger partial charge in [-0.3, -0.25) is 4.79 Å². The van der Waals surface area contributed by atoms with E-state index in [-0.39, 0.29) is 18.5 Å². The molecule has 1 aliphatic rings. The van der Waals surface area contributed by atoms with Crippen molar-refractivity contribution in [1.29, 1.82) is 0 Å². The molecule has 1 N–H and O–H groups in total. The summed E-state index contributed by atoms with van der Waals surface area (Å²) in [5, 5.41) is 9.30. The lowest BCUT2D eigenvalue weighted by molar-refractivity contribution is -0.137. The third-order valence-electron chi connectivity index (χ3n) is 2.95. The molecule has 1 aliphatic heterocycles. The Hall–Kier alpha value is -1.56. The van der Waals surface area contributed by atoms with Crippen LogP contribution in [-0.4, -0.2) is 40.7 Å². The number of anilines is 1. The molecular weight excluding hydrogens is 258 g/mol. The maximum Gasteiger partial charge on any atom is 0.318 e. The molecule has 1 atom stereocenters. The van der Waals surface area contributed by atoms with Gasteiger partial charge in [0.2, 0.25) is 0 Å². The second-order valence-electron chi connectivity index (χ2n) is 4.12. The predicted molar refractivity (Wildman–Crippen MR) is 66.2 cm³/mol. The smallest absolute Gasteiger partial charge is 0.318 e. The summed E-state index contributed by atoms with van der Waals surface area (Å²) in [4.78, 5) is 20.8. The molecule has 98 valence electrons. The predicted octanol–water partition coefficient (Wildman–Crippen LogP) is 1.58. The van der Waals surface area contributed by atoms with Crippen LogP contribution in [0.5, 0.6) is 6.01 Å². The number of hydrogen-bond donors (Lipinski definition) is 1. The number of hydrogen-bond acceptors (Lipinski definition) is 5. The van der Waals surface area contributed by atoms with Crippen LogP contribution in [0, 0.1) is 0 Å². The number of rotatable bonds is 4. The van der Waals surface area contributed by atoms with Gasteiger partial charge in [-0.2, -0.15) is 4.98 Å². The van der Waals surface area contributed by atoms with E-state index in [4.69, 9.17) is 21.4 Å². The van der Waals surface area contributed by atoms with E-state index in [1.165, 1.54) is 13.3 Å². The van der Waals surface area contributed by atoms with Crippen LogP contribution in [0.2, 0.25) is 5.02 Å². The average Bonchev–Trinajstić information content (AvgIpc) is 2.77. The molecule has 0 bridgehead atoms. The summed E-state index contributed by atoms with van der Waals surface area (Å²) >= 11 is 6.07. The van der Waals surface area contributed by atoms with Crippen LogP contribution < -0.4 is 9.64 Å². The molecule has 0 radical (unpaired) electrons. The highest BCUT2D eigenvalue weighted by Gasteiger charge is 2.29. The molecule has 0 amide bonds. The number of aromatic nitrogens is 2. The van der Waals surface area contributed by atoms with Crippen LogP contribution in [0.4, 0.5) is 5.82 Å². The number of carboxylic acid groups (broad SMARTS) is 1. The van der Waals surface area contributed by atoms with Crippen molar-refractivity contribution >= 4 is 23.4 Å². The molecule has 2 rings (SSSR count). The Morgan fingerprint density at radius 2 is 2.50 bits per heavy atom. The molecule has 1 unspecified atom stereocenters. The molecule has 1 aromatic heterocycles. The van der Waals surface area contributed by atoms with Crippen LogP contribution in [0.25, 0.3) is 0 Å². The van der Waals surface area contributed by atoms with Crippen molar-refractivity contribution in [3.63, 3.8) is 0 Å². The Labute approximate surface area is 110 Å². The first-order valence-electron chi connectivity index (χ1n) is 5.66. The zero-order valence-electron chi connectivity index (χ0n) is 9.97. The monoisotopic (exact) mass is 271 g/mol. The Morgan fingerprint density at radius 3 is 3.17 bits per heavy atom. The van der Waals surface area contributed by atoms with E-state index in [0.29, 0.717) is 10.8 Å².